The largest absolute Gasteiger partial charge is 0.492 e. The Morgan fingerprint density at radius 1 is 0.842 bits per heavy atom. The van der Waals surface area contributed by atoms with Gasteiger partial charge in [-0.15, -0.1) is 0 Å². The third kappa shape index (κ3) is 7.64. The summed E-state index contributed by atoms with van der Waals surface area (Å²) in [5.74, 6) is -0.00493. The average Bonchev–Trinajstić information content (AvgIpc) is 2.90. The van der Waals surface area contributed by atoms with Crippen LogP contribution in [0.4, 0.5) is 11.4 Å². The second kappa shape index (κ2) is 12.7. The molecule has 0 spiro atoms. The van der Waals surface area contributed by atoms with Gasteiger partial charge >= 0.3 is 0 Å². The predicted octanol–water partition coefficient (Wildman–Crippen LogP) is 6.00. The van der Waals surface area contributed by atoms with Crippen molar-refractivity contribution in [3.05, 3.63) is 119 Å². The molecule has 0 aliphatic carbocycles. The Balaban J connectivity index is 1.36. The number of para-hydroxylation sites is 1. The van der Waals surface area contributed by atoms with E-state index in [1.54, 1.807) is 60.7 Å². The van der Waals surface area contributed by atoms with Gasteiger partial charge in [0.25, 0.3) is 15.9 Å². The molecule has 0 atom stereocenters. The Morgan fingerprint density at radius 3 is 2.18 bits per heavy atom. The molecule has 0 heterocycles. The van der Waals surface area contributed by atoms with Crippen LogP contribution in [-0.4, -0.2) is 26.0 Å². The summed E-state index contributed by atoms with van der Waals surface area (Å²) in [6.45, 7) is 0.406. The zero-order chi connectivity index (χ0) is 27.0. The summed E-state index contributed by atoms with van der Waals surface area (Å²) >= 11 is 8.70. The van der Waals surface area contributed by atoms with Gasteiger partial charge in [0.2, 0.25) is 0 Å². The van der Waals surface area contributed by atoms with E-state index < -0.39 is 15.9 Å². The number of hydrogen-bond donors (Lipinski definition) is 3. The Hall–Kier alpha value is -3.73. The van der Waals surface area contributed by atoms with Crippen LogP contribution in [0.1, 0.15) is 15.9 Å². The lowest BCUT2D eigenvalue weighted by Crippen LogP contribution is -2.34. The summed E-state index contributed by atoms with van der Waals surface area (Å²) in [4.78, 5) is 13.1. The predicted molar refractivity (Wildman–Crippen MR) is 157 cm³/mol. The number of anilines is 2. The zero-order valence-electron chi connectivity index (χ0n) is 20.1. The standard InChI is InChI=1S/C28H24BrN3O4S2/c29-21-11-16-26(36-18-17-20-7-3-1-4-8-20)25(19-21)27(33)31-28(37)30-22-12-14-24(15-13-22)38(34,35)32-23-9-5-2-6-10-23/h1-16,19,32H,17-18H2,(H2,30,31,33,37). The van der Waals surface area contributed by atoms with Crippen LogP contribution in [0.15, 0.2) is 112 Å². The van der Waals surface area contributed by atoms with E-state index in [1.165, 1.54) is 12.1 Å². The molecule has 3 N–H and O–H groups in total. The molecule has 4 rings (SSSR count). The van der Waals surface area contributed by atoms with Crippen LogP contribution < -0.4 is 20.1 Å². The molecule has 0 aliphatic heterocycles. The molecule has 0 unspecified atom stereocenters. The summed E-state index contributed by atoms with van der Waals surface area (Å²) in [7, 11) is -3.75. The van der Waals surface area contributed by atoms with Crippen LogP contribution in [0.5, 0.6) is 5.75 Å². The van der Waals surface area contributed by atoms with Crippen LogP contribution in [-0.2, 0) is 16.4 Å². The summed E-state index contributed by atoms with van der Waals surface area (Å²) in [6, 6.07) is 29.8. The Morgan fingerprint density at radius 2 is 1.50 bits per heavy atom. The lowest BCUT2D eigenvalue weighted by atomic mass is 10.1. The Bertz CT molecular complexity index is 1520. The average molecular weight is 611 g/mol. The van der Waals surface area contributed by atoms with Crippen LogP contribution in [0.25, 0.3) is 0 Å². The van der Waals surface area contributed by atoms with Gasteiger partial charge in [-0.2, -0.15) is 0 Å². The summed E-state index contributed by atoms with van der Waals surface area (Å²) in [6.07, 6.45) is 0.699. The Kier molecular flexibility index (Phi) is 9.11. The molecule has 0 fully saturated rings. The molecule has 0 bridgehead atoms. The fourth-order valence-corrected chi connectivity index (χ4v) is 5.13. The second-order valence-electron chi connectivity index (χ2n) is 8.13. The van der Waals surface area contributed by atoms with E-state index in [0.29, 0.717) is 35.7 Å². The molecule has 194 valence electrons. The first-order valence-electron chi connectivity index (χ1n) is 11.6. The van der Waals surface area contributed by atoms with E-state index in [2.05, 4.69) is 31.3 Å². The van der Waals surface area contributed by atoms with E-state index in [9.17, 15) is 13.2 Å². The number of hydrogen-bond acceptors (Lipinski definition) is 5. The van der Waals surface area contributed by atoms with Crippen molar-refractivity contribution in [2.45, 2.75) is 11.3 Å². The van der Waals surface area contributed by atoms with Gasteiger partial charge in [-0.05, 0) is 72.4 Å². The van der Waals surface area contributed by atoms with Crippen LogP contribution >= 0.6 is 28.1 Å². The first-order valence-corrected chi connectivity index (χ1v) is 14.3. The molecule has 7 nitrogen and oxygen atoms in total. The van der Waals surface area contributed by atoms with Gasteiger partial charge in [-0.1, -0.05) is 64.5 Å². The lowest BCUT2D eigenvalue weighted by Gasteiger charge is -2.14. The van der Waals surface area contributed by atoms with Crippen molar-refractivity contribution in [2.75, 3.05) is 16.6 Å². The van der Waals surface area contributed by atoms with Crippen molar-refractivity contribution < 1.29 is 17.9 Å². The highest BCUT2D eigenvalue weighted by Crippen LogP contribution is 2.24. The fraction of sp³-hybridized carbons (Fsp3) is 0.0714. The van der Waals surface area contributed by atoms with Crippen LogP contribution in [0, 0.1) is 0 Å². The smallest absolute Gasteiger partial charge is 0.261 e. The molecule has 1 amide bonds. The van der Waals surface area contributed by atoms with Crippen molar-refractivity contribution in [1.29, 1.82) is 0 Å². The molecular formula is C28H24BrN3O4S2. The number of sulfonamides is 1. The molecule has 0 radical (unpaired) electrons. The number of carbonyl (C=O) groups excluding carboxylic acids is 1. The van der Waals surface area contributed by atoms with Crippen molar-refractivity contribution >= 4 is 60.6 Å². The molecule has 0 saturated carbocycles. The highest BCUT2D eigenvalue weighted by atomic mass is 79.9. The molecule has 4 aromatic rings. The minimum Gasteiger partial charge on any atom is -0.492 e. The number of rotatable bonds is 9. The number of halogens is 1. The van der Waals surface area contributed by atoms with E-state index in [4.69, 9.17) is 17.0 Å². The van der Waals surface area contributed by atoms with Gasteiger partial charge < -0.3 is 10.1 Å². The van der Waals surface area contributed by atoms with Gasteiger partial charge in [0, 0.05) is 22.3 Å². The van der Waals surface area contributed by atoms with Gasteiger partial charge in [0.1, 0.15) is 5.75 Å². The molecular weight excluding hydrogens is 586 g/mol. The maximum absolute atomic E-state index is 13.0. The van der Waals surface area contributed by atoms with E-state index >= 15 is 0 Å². The minimum atomic E-state index is -3.75. The number of ether oxygens (including phenoxy) is 1. The van der Waals surface area contributed by atoms with Gasteiger partial charge in [0.15, 0.2) is 5.11 Å². The highest BCUT2D eigenvalue weighted by Gasteiger charge is 2.16. The number of thiocarbonyl (C=S) groups is 1. The normalized spacial score (nSPS) is 10.9. The molecule has 0 aliphatic rings. The minimum absolute atomic E-state index is 0.0585. The molecule has 4 aromatic carbocycles. The topological polar surface area (TPSA) is 96.5 Å². The molecule has 10 heteroatoms. The van der Waals surface area contributed by atoms with Gasteiger partial charge in [-0.3, -0.25) is 14.8 Å². The number of carbonyl (C=O) groups is 1. The van der Waals surface area contributed by atoms with E-state index in [1.807, 2.05) is 30.3 Å². The van der Waals surface area contributed by atoms with Crippen molar-refractivity contribution in [1.82, 2.24) is 5.32 Å². The van der Waals surface area contributed by atoms with Gasteiger partial charge in [0.05, 0.1) is 17.1 Å². The van der Waals surface area contributed by atoms with Crippen LogP contribution in [0.3, 0.4) is 0 Å². The Labute approximate surface area is 235 Å². The number of amides is 1. The third-order valence-electron chi connectivity index (χ3n) is 5.35. The zero-order valence-corrected chi connectivity index (χ0v) is 23.3. The quantitative estimate of drug-likeness (QED) is 0.201. The number of benzene rings is 4. The van der Waals surface area contributed by atoms with Crippen molar-refractivity contribution in [2.24, 2.45) is 0 Å². The second-order valence-corrected chi connectivity index (χ2v) is 11.1. The maximum Gasteiger partial charge on any atom is 0.261 e. The lowest BCUT2D eigenvalue weighted by molar-refractivity contribution is 0.0973. The van der Waals surface area contributed by atoms with E-state index in [0.717, 1.165) is 10.0 Å². The number of nitrogens with one attached hydrogen (secondary N) is 3. The van der Waals surface area contributed by atoms with E-state index in [-0.39, 0.29) is 10.0 Å². The molecule has 0 saturated heterocycles. The van der Waals surface area contributed by atoms with Crippen molar-refractivity contribution in [3.63, 3.8) is 0 Å². The highest BCUT2D eigenvalue weighted by molar-refractivity contribution is 9.10. The summed E-state index contributed by atoms with van der Waals surface area (Å²) < 4.78 is 34.4. The fourth-order valence-electron chi connectivity index (χ4n) is 3.50. The van der Waals surface area contributed by atoms with Crippen LogP contribution in [0.2, 0.25) is 0 Å². The maximum atomic E-state index is 13.0. The van der Waals surface area contributed by atoms with Crippen molar-refractivity contribution in [3.8, 4) is 5.75 Å². The summed E-state index contributed by atoms with van der Waals surface area (Å²) in [5.41, 5.74) is 2.44. The summed E-state index contributed by atoms with van der Waals surface area (Å²) in [5, 5.41) is 5.61. The SMILES string of the molecule is O=C(NC(=S)Nc1ccc(S(=O)(=O)Nc2ccccc2)cc1)c1cc(Br)ccc1OCCc1ccccc1. The monoisotopic (exact) mass is 609 g/mol. The van der Waals surface area contributed by atoms with Gasteiger partial charge in [-0.25, -0.2) is 8.42 Å². The molecule has 0 aromatic heterocycles. The third-order valence-corrected chi connectivity index (χ3v) is 7.45. The first kappa shape index (κ1) is 27.3. The first-order chi connectivity index (χ1) is 18.3. The molecule has 38 heavy (non-hydrogen) atoms.